The average molecular weight is 360 g/mol. The molecule has 2 unspecified atom stereocenters. The van der Waals surface area contributed by atoms with Crippen molar-refractivity contribution in [2.45, 2.75) is 58.9 Å². The Kier molecular flexibility index (Phi) is 5.58. The maximum atomic E-state index is 12.6. The Bertz CT molecular complexity index is 680. The minimum atomic E-state index is -0.0476. The third-order valence-electron chi connectivity index (χ3n) is 6.25. The Labute approximate surface area is 157 Å². The second-order valence-electron chi connectivity index (χ2n) is 8.01. The number of nitrogens with zero attached hydrogens (tertiary/aromatic N) is 3. The van der Waals surface area contributed by atoms with Crippen LogP contribution in [-0.2, 0) is 11.2 Å². The molecule has 1 saturated heterocycles. The van der Waals surface area contributed by atoms with Gasteiger partial charge in [-0.1, -0.05) is 19.9 Å². The molecule has 0 bridgehead atoms. The van der Waals surface area contributed by atoms with Crippen LogP contribution in [0.1, 0.15) is 67.8 Å². The van der Waals surface area contributed by atoms with Gasteiger partial charge in [-0.15, -0.1) is 0 Å². The Morgan fingerprint density at radius 3 is 2.58 bits per heavy atom. The van der Waals surface area contributed by atoms with E-state index < -0.39 is 0 Å². The number of fused-ring (bicyclic) bond motifs is 1. The number of hydrogen-bond donors (Lipinski definition) is 1. The summed E-state index contributed by atoms with van der Waals surface area (Å²) in [7, 11) is 2.12. The van der Waals surface area contributed by atoms with Crippen molar-refractivity contribution < 1.29 is 9.90 Å². The number of aromatic hydroxyl groups is 1. The molecule has 26 heavy (non-hydrogen) atoms. The zero-order chi connectivity index (χ0) is 19.0. The van der Waals surface area contributed by atoms with Gasteiger partial charge < -0.3 is 10.0 Å². The summed E-state index contributed by atoms with van der Waals surface area (Å²) in [4.78, 5) is 14.9. The molecule has 0 spiro atoms. The Hall–Kier alpha value is -1.59. The highest BCUT2D eigenvalue weighted by atomic mass is 16.3. The summed E-state index contributed by atoms with van der Waals surface area (Å²) in [5.41, 5.74) is 4.50. The molecule has 0 saturated carbocycles. The Morgan fingerprint density at radius 2 is 2.00 bits per heavy atom. The number of carbonyl (C=O) groups is 1. The molecule has 1 aliphatic heterocycles. The standard InChI is InChI=1S/C21H33N3O2/c1-6-14(2)18-13-15(3)17-7-8-19(20(17)21(18)26)24(16(4)25)23-11-9-22(5)10-12-23/h13-14,19,26H,6-12H2,1-5H3. The lowest BCUT2D eigenvalue weighted by molar-refractivity contribution is -0.157. The largest absolute Gasteiger partial charge is 0.507 e. The van der Waals surface area contributed by atoms with Crippen molar-refractivity contribution >= 4 is 5.91 Å². The molecule has 2 atom stereocenters. The van der Waals surface area contributed by atoms with E-state index >= 15 is 0 Å². The Morgan fingerprint density at radius 1 is 1.35 bits per heavy atom. The van der Waals surface area contributed by atoms with Crippen LogP contribution in [0.25, 0.3) is 0 Å². The summed E-state index contributed by atoms with van der Waals surface area (Å²) in [5.74, 6) is 0.802. The van der Waals surface area contributed by atoms with Crippen LogP contribution in [0.5, 0.6) is 5.75 Å². The number of carbonyl (C=O) groups excluding carboxylic acids is 1. The normalized spacial score (nSPS) is 22.3. The molecule has 1 amide bonds. The summed E-state index contributed by atoms with van der Waals surface area (Å²) in [6, 6.07) is 2.10. The molecular weight excluding hydrogens is 326 g/mol. The maximum Gasteiger partial charge on any atom is 0.234 e. The van der Waals surface area contributed by atoms with Gasteiger partial charge in [0.1, 0.15) is 5.75 Å². The van der Waals surface area contributed by atoms with Crippen molar-refractivity contribution in [3.05, 3.63) is 28.3 Å². The predicted octanol–water partition coefficient (Wildman–Crippen LogP) is 3.21. The van der Waals surface area contributed by atoms with Crippen LogP contribution in [0, 0.1) is 6.92 Å². The van der Waals surface area contributed by atoms with E-state index in [4.69, 9.17) is 0 Å². The number of benzene rings is 1. The van der Waals surface area contributed by atoms with Gasteiger partial charge in [-0.05, 0) is 55.8 Å². The van der Waals surface area contributed by atoms with Crippen molar-refractivity contribution in [2.75, 3.05) is 33.2 Å². The molecule has 1 aromatic rings. The molecule has 1 aliphatic carbocycles. The number of amides is 1. The number of piperazine rings is 1. The predicted molar refractivity (Wildman–Crippen MR) is 104 cm³/mol. The van der Waals surface area contributed by atoms with Gasteiger partial charge >= 0.3 is 0 Å². The van der Waals surface area contributed by atoms with Crippen LogP contribution in [0.3, 0.4) is 0 Å². The summed E-state index contributed by atoms with van der Waals surface area (Å²) in [6.07, 6.45) is 2.81. The smallest absolute Gasteiger partial charge is 0.234 e. The Balaban J connectivity index is 2.01. The lowest BCUT2D eigenvalue weighted by atomic mass is 9.90. The second-order valence-corrected chi connectivity index (χ2v) is 8.01. The molecule has 1 heterocycles. The van der Waals surface area contributed by atoms with E-state index in [1.165, 1.54) is 11.1 Å². The number of hydrazine groups is 1. The first kappa shape index (κ1) is 19.2. The molecule has 5 heteroatoms. The number of likely N-dealkylation sites (N-methyl/N-ethyl adjacent to an activating group) is 1. The van der Waals surface area contributed by atoms with Gasteiger partial charge in [0.05, 0.1) is 6.04 Å². The van der Waals surface area contributed by atoms with Crippen molar-refractivity contribution in [2.24, 2.45) is 0 Å². The van der Waals surface area contributed by atoms with E-state index in [1.54, 1.807) is 6.92 Å². The van der Waals surface area contributed by atoms with Gasteiger partial charge in [0, 0.05) is 38.7 Å². The van der Waals surface area contributed by atoms with E-state index in [-0.39, 0.29) is 11.9 Å². The van der Waals surface area contributed by atoms with Crippen molar-refractivity contribution in [3.8, 4) is 5.75 Å². The van der Waals surface area contributed by atoms with Crippen molar-refractivity contribution in [1.82, 2.24) is 14.9 Å². The maximum absolute atomic E-state index is 12.6. The van der Waals surface area contributed by atoms with Crippen LogP contribution >= 0.6 is 0 Å². The van der Waals surface area contributed by atoms with E-state index in [0.29, 0.717) is 11.7 Å². The molecule has 5 nitrogen and oxygen atoms in total. The summed E-state index contributed by atoms with van der Waals surface area (Å²) in [6.45, 7) is 11.7. The van der Waals surface area contributed by atoms with E-state index in [2.05, 4.69) is 43.8 Å². The molecule has 3 rings (SSSR count). The van der Waals surface area contributed by atoms with Crippen LogP contribution < -0.4 is 0 Å². The molecule has 144 valence electrons. The van der Waals surface area contributed by atoms with Crippen molar-refractivity contribution in [1.29, 1.82) is 0 Å². The summed E-state index contributed by atoms with van der Waals surface area (Å²) >= 11 is 0. The molecule has 1 N–H and O–H groups in total. The first-order chi connectivity index (χ1) is 12.3. The van der Waals surface area contributed by atoms with Crippen LogP contribution in [0.2, 0.25) is 0 Å². The minimum Gasteiger partial charge on any atom is -0.507 e. The zero-order valence-corrected chi connectivity index (χ0v) is 16.9. The fourth-order valence-electron chi connectivity index (χ4n) is 4.48. The van der Waals surface area contributed by atoms with Gasteiger partial charge in [0.2, 0.25) is 5.91 Å². The number of aryl methyl sites for hydroxylation is 1. The van der Waals surface area contributed by atoms with E-state index in [0.717, 1.165) is 56.6 Å². The molecule has 0 radical (unpaired) electrons. The van der Waals surface area contributed by atoms with E-state index in [1.807, 2.05) is 5.01 Å². The fraction of sp³-hybridized carbons (Fsp3) is 0.667. The van der Waals surface area contributed by atoms with Crippen LogP contribution in [0.15, 0.2) is 6.07 Å². The summed E-state index contributed by atoms with van der Waals surface area (Å²) < 4.78 is 0. The zero-order valence-electron chi connectivity index (χ0n) is 16.9. The molecule has 1 fully saturated rings. The average Bonchev–Trinajstić information content (AvgIpc) is 3.04. The first-order valence-corrected chi connectivity index (χ1v) is 9.93. The minimum absolute atomic E-state index is 0.0476. The van der Waals surface area contributed by atoms with E-state index in [9.17, 15) is 9.90 Å². The number of hydrogen-bond acceptors (Lipinski definition) is 4. The van der Waals surface area contributed by atoms with Crippen LogP contribution in [-0.4, -0.2) is 59.2 Å². The van der Waals surface area contributed by atoms with Gasteiger partial charge in [0.25, 0.3) is 0 Å². The second kappa shape index (κ2) is 7.57. The van der Waals surface area contributed by atoms with Gasteiger partial charge in [-0.25, -0.2) is 5.01 Å². The topological polar surface area (TPSA) is 47.0 Å². The fourth-order valence-corrected chi connectivity index (χ4v) is 4.48. The van der Waals surface area contributed by atoms with Gasteiger partial charge in [-0.2, -0.15) is 0 Å². The first-order valence-electron chi connectivity index (χ1n) is 9.93. The number of phenols is 1. The molecule has 1 aromatic carbocycles. The third-order valence-corrected chi connectivity index (χ3v) is 6.25. The van der Waals surface area contributed by atoms with Gasteiger partial charge in [-0.3, -0.25) is 9.80 Å². The van der Waals surface area contributed by atoms with Crippen molar-refractivity contribution in [3.63, 3.8) is 0 Å². The number of rotatable bonds is 4. The molecule has 0 aromatic heterocycles. The highest BCUT2D eigenvalue weighted by Gasteiger charge is 2.38. The lowest BCUT2D eigenvalue weighted by Gasteiger charge is -2.43. The summed E-state index contributed by atoms with van der Waals surface area (Å²) in [5, 5.41) is 15.2. The SMILES string of the molecule is CCC(C)c1cc(C)c2c(c1O)C(N(C(C)=O)N1CCN(C)CC1)CC2. The molecule has 2 aliphatic rings. The third kappa shape index (κ3) is 3.35. The highest BCUT2D eigenvalue weighted by Crippen LogP contribution is 2.46. The molecular formula is C21H33N3O2. The monoisotopic (exact) mass is 359 g/mol. The quantitative estimate of drug-likeness (QED) is 0.897. The lowest BCUT2D eigenvalue weighted by Crippen LogP contribution is -2.55. The highest BCUT2D eigenvalue weighted by molar-refractivity contribution is 5.74. The van der Waals surface area contributed by atoms with Gasteiger partial charge in [0.15, 0.2) is 0 Å². The van der Waals surface area contributed by atoms with Crippen LogP contribution in [0.4, 0.5) is 0 Å². The number of phenolic OH excluding ortho intramolecular Hbond substituents is 1.